The zero-order chi connectivity index (χ0) is 18.6. The first-order valence-corrected chi connectivity index (χ1v) is 9.56. The van der Waals surface area contributed by atoms with E-state index in [-0.39, 0.29) is 0 Å². The van der Waals surface area contributed by atoms with Crippen molar-refractivity contribution in [2.24, 2.45) is 0 Å². The Kier molecular flexibility index (Phi) is 5.16. The fourth-order valence-corrected chi connectivity index (χ4v) is 3.77. The molecule has 0 radical (unpaired) electrons. The average molecular weight is 358 g/mol. The lowest BCUT2D eigenvalue weighted by Gasteiger charge is -2.31. The van der Waals surface area contributed by atoms with Gasteiger partial charge in [0.05, 0.1) is 11.4 Å². The lowest BCUT2D eigenvalue weighted by molar-refractivity contribution is 0.283. The number of aryl methyl sites for hydroxylation is 1. The van der Waals surface area contributed by atoms with Crippen molar-refractivity contribution in [1.82, 2.24) is 14.9 Å². The third-order valence-corrected chi connectivity index (χ3v) is 5.37. The Morgan fingerprint density at radius 2 is 1.78 bits per heavy atom. The lowest BCUT2D eigenvalue weighted by Crippen LogP contribution is -2.39. The molecule has 0 saturated heterocycles. The quantitative estimate of drug-likeness (QED) is 0.705. The monoisotopic (exact) mass is 358 g/mol. The van der Waals surface area contributed by atoms with Gasteiger partial charge < -0.3 is 9.80 Å². The van der Waals surface area contributed by atoms with Crippen molar-refractivity contribution < 1.29 is 0 Å². The summed E-state index contributed by atoms with van der Waals surface area (Å²) in [5.41, 5.74) is 5.86. The molecule has 0 aliphatic carbocycles. The Labute approximate surface area is 161 Å². The van der Waals surface area contributed by atoms with Crippen LogP contribution in [0.3, 0.4) is 0 Å². The van der Waals surface area contributed by atoms with Crippen LogP contribution in [-0.2, 0) is 13.0 Å². The van der Waals surface area contributed by atoms with Crippen LogP contribution in [0.1, 0.15) is 17.5 Å². The van der Waals surface area contributed by atoms with E-state index in [0.717, 1.165) is 30.9 Å². The summed E-state index contributed by atoms with van der Waals surface area (Å²) in [6.45, 7) is 1.91. The summed E-state index contributed by atoms with van der Waals surface area (Å²) < 4.78 is 0. The van der Waals surface area contributed by atoms with Crippen molar-refractivity contribution in [3.05, 3.63) is 78.1 Å². The van der Waals surface area contributed by atoms with Crippen LogP contribution in [0.15, 0.2) is 67.0 Å². The van der Waals surface area contributed by atoms with E-state index in [4.69, 9.17) is 0 Å². The van der Waals surface area contributed by atoms with Gasteiger partial charge in [0.1, 0.15) is 0 Å². The topological polar surface area (TPSA) is 32.3 Å². The summed E-state index contributed by atoms with van der Waals surface area (Å²) in [6.07, 6.45) is 6.12. The number of aromatic nitrogens is 2. The third kappa shape index (κ3) is 4.01. The zero-order valence-corrected chi connectivity index (χ0v) is 16.0. The minimum absolute atomic E-state index is 0.554. The predicted octanol–water partition coefficient (Wildman–Crippen LogP) is 4.03. The maximum Gasteiger partial charge on any atom is 0.0886 e. The highest BCUT2D eigenvalue weighted by Gasteiger charge is 2.23. The van der Waals surface area contributed by atoms with Gasteiger partial charge in [-0.25, -0.2) is 0 Å². The molecule has 0 bridgehead atoms. The van der Waals surface area contributed by atoms with Gasteiger partial charge in [0, 0.05) is 37.2 Å². The Balaban J connectivity index is 1.58. The van der Waals surface area contributed by atoms with Crippen LogP contribution in [0.2, 0.25) is 0 Å². The molecule has 0 N–H and O–H groups in total. The summed E-state index contributed by atoms with van der Waals surface area (Å²) in [7, 11) is 4.37. The largest absolute Gasteiger partial charge is 0.365 e. The highest BCUT2D eigenvalue weighted by Crippen LogP contribution is 2.28. The summed E-state index contributed by atoms with van der Waals surface area (Å²) in [4.78, 5) is 13.9. The van der Waals surface area contributed by atoms with Crippen molar-refractivity contribution >= 4 is 5.69 Å². The minimum atomic E-state index is 0.554. The van der Waals surface area contributed by atoms with E-state index < -0.39 is 0 Å². The molecular formula is C23H26N4. The number of fused-ring (bicyclic) bond motifs is 1. The zero-order valence-electron chi connectivity index (χ0n) is 16.0. The Morgan fingerprint density at radius 3 is 2.52 bits per heavy atom. The van der Waals surface area contributed by atoms with Gasteiger partial charge in [-0.15, -0.1) is 0 Å². The van der Waals surface area contributed by atoms with E-state index in [9.17, 15) is 0 Å². The summed E-state index contributed by atoms with van der Waals surface area (Å²) in [6, 6.07) is 19.5. The number of para-hydroxylation sites is 1. The van der Waals surface area contributed by atoms with E-state index in [1.165, 1.54) is 23.2 Å². The number of likely N-dealkylation sites (N-methyl/N-ethyl adjacent to an activating group) is 1. The Morgan fingerprint density at radius 1 is 0.963 bits per heavy atom. The molecule has 0 spiro atoms. The van der Waals surface area contributed by atoms with Crippen LogP contribution >= 0.6 is 0 Å². The van der Waals surface area contributed by atoms with Crippen LogP contribution in [0.25, 0.3) is 11.4 Å². The van der Waals surface area contributed by atoms with E-state index in [0.29, 0.717) is 6.04 Å². The molecule has 0 amide bonds. The molecule has 4 rings (SSSR count). The number of nitrogens with zero attached hydrogens (tertiary/aromatic N) is 4. The van der Waals surface area contributed by atoms with Gasteiger partial charge >= 0.3 is 0 Å². The van der Waals surface area contributed by atoms with Crippen molar-refractivity contribution in [3.8, 4) is 11.4 Å². The highest BCUT2D eigenvalue weighted by atomic mass is 15.2. The van der Waals surface area contributed by atoms with Gasteiger partial charge in [-0.05, 0) is 62.3 Å². The van der Waals surface area contributed by atoms with Gasteiger partial charge in [0.2, 0.25) is 0 Å². The standard InChI is InChI=1S/C23H26N4/c1-26(2)20-12-11-19-7-3-4-9-23(19)27(17-20)16-18-10-13-22(25-15-18)21-8-5-6-14-24-21/h3-10,13-15,20H,11-12,16-17H2,1-2H3. The molecule has 1 aliphatic rings. The van der Waals surface area contributed by atoms with Crippen LogP contribution in [0, 0.1) is 0 Å². The predicted molar refractivity (Wildman–Crippen MR) is 111 cm³/mol. The smallest absolute Gasteiger partial charge is 0.0886 e. The molecule has 1 unspecified atom stereocenters. The van der Waals surface area contributed by atoms with E-state index in [1.807, 2.05) is 24.4 Å². The number of rotatable bonds is 4. The maximum absolute atomic E-state index is 4.65. The fraction of sp³-hybridized carbons (Fsp3) is 0.304. The average Bonchev–Trinajstić information content (AvgIpc) is 2.89. The molecule has 27 heavy (non-hydrogen) atoms. The van der Waals surface area contributed by atoms with Crippen molar-refractivity contribution in [2.75, 3.05) is 25.5 Å². The van der Waals surface area contributed by atoms with Crippen molar-refractivity contribution in [3.63, 3.8) is 0 Å². The SMILES string of the molecule is CN(C)C1CCc2ccccc2N(Cc2ccc(-c3ccccn3)nc2)C1. The molecule has 1 aliphatic heterocycles. The van der Waals surface area contributed by atoms with E-state index in [2.05, 4.69) is 70.3 Å². The third-order valence-electron chi connectivity index (χ3n) is 5.37. The van der Waals surface area contributed by atoms with Gasteiger partial charge in [0.15, 0.2) is 0 Å². The first-order valence-electron chi connectivity index (χ1n) is 9.56. The molecular weight excluding hydrogens is 332 g/mol. The van der Waals surface area contributed by atoms with Gasteiger partial charge in [-0.2, -0.15) is 0 Å². The van der Waals surface area contributed by atoms with Crippen LogP contribution in [-0.4, -0.2) is 41.5 Å². The van der Waals surface area contributed by atoms with Crippen LogP contribution in [0.5, 0.6) is 0 Å². The van der Waals surface area contributed by atoms with Crippen molar-refractivity contribution in [1.29, 1.82) is 0 Å². The number of hydrogen-bond acceptors (Lipinski definition) is 4. The lowest BCUT2D eigenvalue weighted by atomic mass is 10.1. The van der Waals surface area contributed by atoms with E-state index in [1.54, 1.807) is 6.20 Å². The molecule has 4 heteroatoms. The van der Waals surface area contributed by atoms with Crippen LogP contribution in [0.4, 0.5) is 5.69 Å². The second kappa shape index (κ2) is 7.89. The number of benzene rings is 1. The molecule has 2 aromatic heterocycles. The number of pyridine rings is 2. The number of anilines is 1. The molecule has 4 nitrogen and oxygen atoms in total. The second-order valence-electron chi connectivity index (χ2n) is 7.43. The van der Waals surface area contributed by atoms with Gasteiger partial charge in [-0.3, -0.25) is 9.97 Å². The summed E-state index contributed by atoms with van der Waals surface area (Å²) in [5.74, 6) is 0. The number of hydrogen-bond donors (Lipinski definition) is 0. The maximum atomic E-state index is 4.65. The van der Waals surface area contributed by atoms with Gasteiger partial charge in [0.25, 0.3) is 0 Å². The molecule has 1 aromatic carbocycles. The van der Waals surface area contributed by atoms with E-state index >= 15 is 0 Å². The Hall–Kier alpha value is -2.72. The molecule has 138 valence electrons. The molecule has 0 saturated carbocycles. The van der Waals surface area contributed by atoms with Crippen LogP contribution < -0.4 is 4.90 Å². The second-order valence-corrected chi connectivity index (χ2v) is 7.43. The minimum Gasteiger partial charge on any atom is -0.365 e. The first-order chi connectivity index (χ1) is 13.2. The molecule has 0 fully saturated rings. The first kappa shape index (κ1) is 17.7. The summed E-state index contributed by atoms with van der Waals surface area (Å²) in [5, 5.41) is 0. The van der Waals surface area contributed by atoms with Gasteiger partial charge in [-0.1, -0.05) is 30.3 Å². The molecule has 3 heterocycles. The Bertz CT molecular complexity index is 874. The fourth-order valence-electron chi connectivity index (χ4n) is 3.77. The van der Waals surface area contributed by atoms with Crippen molar-refractivity contribution in [2.45, 2.75) is 25.4 Å². The molecule has 1 atom stereocenters. The molecule has 3 aromatic rings. The highest BCUT2D eigenvalue weighted by molar-refractivity contribution is 5.56. The normalized spacial score (nSPS) is 16.9. The summed E-state index contributed by atoms with van der Waals surface area (Å²) >= 11 is 0.